The molecule has 0 atom stereocenters. The van der Waals surface area contributed by atoms with Gasteiger partial charge in [0.15, 0.2) is 0 Å². The third kappa shape index (κ3) is 4.02. The van der Waals surface area contributed by atoms with Crippen molar-refractivity contribution in [3.8, 4) is 11.8 Å². The number of fused-ring (bicyclic) bond motifs is 1. The molecule has 0 spiro atoms. The molecule has 1 aliphatic rings. The number of benzene rings is 2. The van der Waals surface area contributed by atoms with Crippen LogP contribution in [0.4, 0.5) is 5.82 Å². The number of aromatic nitrogens is 2. The molecule has 1 aliphatic carbocycles. The summed E-state index contributed by atoms with van der Waals surface area (Å²) >= 11 is 12.1. The fourth-order valence-electron chi connectivity index (χ4n) is 3.34. The Bertz CT molecular complexity index is 906. The number of rotatable bonds is 4. The predicted molar refractivity (Wildman–Crippen MR) is 107 cm³/mol. The molecule has 4 rings (SSSR count). The van der Waals surface area contributed by atoms with Crippen molar-refractivity contribution in [1.82, 2.24) is 9.97 Å². The van der Waals surface area contributed by atoms with Crippen LogP contribution < -0.4 is 10.1 Å². The molecule has 1 N–H and O–H groups in total. The second-order valence-electron chi connectivity index (χ2n) is 6.56. The molecule has 0 unspecified atom stereocenters. The predicted octanol–water partition coefficient (Wildman–Crippen LogP) is 6.47. The summed E-state index contributed by atoms with van der Waals surface area (Å²) in [6, 6.07) is 13.7. The van der Waals surface area contributed by atoms with Gasteiger partial charge in [0.2, 0.25) is 0 Å². The fraction of sp³-hybridized carbons (Fsp3) is 0.300. The van der Waals surface area contributed by atoms with E-state index in [4.69, 9.17) is 27.9 Å². The molecule has 134 valence electrons. The molecule has 3 aromatic rings. The van der Waals surface area contributed by atoms with E-state index in [-0.39, 0.29) is 6.01 Å². The zero-order valence-corrected chi connectivity index (χ0v) is 15.7. The van der Waals surface area contributed by atoms with E-state index in [1.54, 1.807) is 18.2 Å². The third-order valence-corrected chi connectivity index (χ3v) is 5.01. The van der Waals surface area contributed by atoms with E-state index in [0.29, 0.717) is 21.8 Å². The highest BCUT2D eigenvalue weighted by Crippen LogP contribution is 2.30. The van der Waals surface area contributed by atoms with Crippen molar-refractivity contribution in [1.29, 1.82) is 0 Å². The molecule has 1 heterocycles. The van der Waals surface area contributed by atoms with Crippen LogP contribution in [0, 0.1) is 0 Å². The van der Waals surface area contributed by atoms with Crippen LogP contribution in [0.2, 0.25) is 10.0 Å². The minimum atomic E-state index is 0.278. The first-order valence-electron chi connectivity index (χ1n) is 8.85. The van der Waals surface area contributed by atoms with E-state index in [1.165, 1.54) is 32.1 Å². The van der Waals surface area contributed by atoms with Gasteiger partial charge in [-0.1, -0.05) is 54.6 Å². The van der Waals surface area contributed by atoms with Gasteiger partial charge in [-0.2, -0.15) is 9.97 Å². The van der Waals surface area contributed by atoms with E-state index >= 15 is 0 Å². The lowest BCUT2D eigenvalue weighted by Gasteiger charge is -2.24. The minimum Gasteiger partial charge on any atom is -0.424 e. The van der Waals surface area contributed by atoms with Gasteiger partial charge in [-0.25, -0.2) is 0 Å². The van der Waals surface area contributed by atoms with Crippen molar-refractivity contribution in [3.05, 3.63) is 52.5 Å². The van der Waals surface area contributed by atoms with Gasteiger partial charge in [-0.15, -0.1) is 0 Å². The summed E-state index contributed by atoms with van der Waals surface area (Å²) in [5.41, 5.74) is 0.837. The van der Waals surface area contributed by atoms with Gasteiger partial charge in [-0.3, -0.25) is 0 Å². The summed E-state index contributed by atoms with van der Waals surface area (Å²) in [4.78, 5) is 9.14. The van der Waals surface area contributed by atoms with E-state index in [1.807, 2.05) is 24.3 Å². The van der Waals surface area contributed by atoms with Crippen molar-refractivity contribution in [3.63, 3.8) is 0 Å². The monoisotopic (exact) mass is 387 g/mol. The maximum atomic E-state index is 6.05. The first-order chi connectivity index (χ1) is 12.7. The zero-order chi connectivity index (χ0) is 17.9. The number of nitrogens with zero attached hydrogens (tertiary/aromatic N) is 2. The molecule has 1 fully saturated rings. The number of halogens is 2. The second kappa shape index (κ2) is 7.68. The van der Waals surface area contributed by atoms with Crippen molar-refractivity contribution in [2.24, 2.45) is 0 Å². The molecule has 6 heteroatoms. The molecule has 4 nitrogen and oxygen atoms in total. The SMILES string of the molecule is Clc1cc(Cl)cc(Oc2nc(NC3CCCCC3)c3ccccc3n2)c1. The molecular weight excluding hydrogens is 369 g/mol. The highest BCUT2D eigenvalue weighted by Gasteiger charge is 2.16. The van der Waals surface area contributed by atoms with Crippen molar-refractivity contribution in [2.45, 2.75) is 38.1 Å². The minimum absolute atomic E-state index is 0.278. The number of hydrogen-bond acceptors (Lipinski definition) is 4. The Hall–Kier alpha value is -2.04. The van der Waals surface area contributed by atoms with Crippen molar-refractivity contribution >= 4 is 39.9 Å². The Morgan fingerprint density at radius 3 is 2.42 bits per heavy atom. The van der Waals surface area contributed by atoms with Gasteiger partial charge >= 0.3 is 6.01 Å². The van der Waals surface area contributed by atoms with Gasteiger partial charge < -0.3 is 10.1 Å². The Kier molecular flexibility index (Phi) is 5.14. The third-order valence-electron chi connectivity index (χ3n) is 4.57. The Morgan fingerprint density at radius 1 is 0.923 bits per heavy atom. The summed E-state index contributed by atoms with van der Waals surface area (Å²) in [6.07, 6.45) is 6.15. The number of para-hydroxylation sites is 1. The van der Waals surface area contributed by atoms with Gasteiger partial charge in [-0.05, 0) is 43.2 Å². The van der Waals surface area contributed by atoms with Crippen LogP contribution >= 0.6 is 23.2 Å². The van der Waals surface area contributed by atoms with Crippen molar-refractivity contribution < 1.29 is 4.74 Å². The van der Waals surface area contributed by atoms with Crippen LogP contribution in [-0.2, 0) is 0 Å². The highest BCUT2D eigenvalue weighted by molar-refractivity contribution is 6.34. The molecule has 26 heavy (non-hydrogen) atoms. The zero-order valence-electron chi connectivity index (χ0n) is 14.2. The number of hydrogen-bond donors (Lipinski definition) is 1. The largest absolute Gasteiger partial charge is 0.424 e. The molecule has 0 bridgehead atoms. The summed E-state index contributed by atoms with van der Waals surface area (Å²) < 4.78 is 5.85. The topological polar surface area (TPSA) is 47.0 Å². The Labute approximate surface area is 162 Å². The van der Waals surface area contributed by atoms with Crippen LogP contribution in [-0.4, -0.2) is 16.0 Å². The fourth-order valence-corrected chi connectivity index (χ4v) is 3.85. The molecule has 0 aliphatic heterocycles. The van der Waals surface area contributed by atoms with Crippen LogP contribution in [0.5, 0.6) is 11.8 Å². The average molecular weight is 388 g/mol. The van der Waals surface area contributed by atoms with Gasteiger partial charge in [0.1, 0.15) is 11.6 Å². The number of nitrogens with one attached hydrogen (secondary N) is 1. The lowest BCUT2D eigenvalue weighted by atomic mass is 9.95. The molecule has 2 aromatic carbocycles. The first-order valence-corrected chi connectivity index (χ1v) is 9.60. The van der Waals surface area contributed by atoms with Crippen LogP contribution in [0.25, 0.3) is 10.9 Å². The van der Waals surface area contributed by atoms with E-state index in [0.717, 1.165) is 16.7 Å². The second-order valence-corrected chi connectivity index (χ2v) is 7.43. The van der Waals surface area contributed by atoms with E-state index in [9.17, 15) is 0 Å². The Morgan fingerprint density at radius 2 is 1.65 bits per heavy atom. The molecular formula is C20H19Cl2N3O. The Balaban J connectivity index is 1.68. The molecule has 0 amide bonds. The quantitative estimate of drug-likeness (QED) is 0.556. The molecule has 1 saturated carbocycles. The molecule has 1 aromatic heterocycles. The van der Waals surface area contributed by atoms with Crippen molar-refractivity contribution in [2.75, 3.05) is 5.32 Å². The van der Waals surface area contributed by atoms with Gasteiger partial charge in [0, 0.05) is 21.5 Å². The van der Waals surface area contributed by atoms with Crippen LogP contribution in [0.3, 0.4) is 0 Å². The highest BCUT2D eigenvalue weighted by atomic mass is 35.5. The molecule has 0 radical (unpaired) electrons. The number of ether oxygens (including phenoxy) is 1. The summed E-state index contributed by atoms with van der Waals surface area (Å²) in [5.74, 6) is 1.33. The smallest absolute Gasteiger partial charge is 0.324 e. The summed E-state index contributed by atoms with van der Waals surface area (Å²) in [6.45, 7) is 0. The maximum Gasteiger partial charge on any atom is 0.324 e. The van der Waals surface area contributed by atoms with Gasteiger partial charge in [0.25, 0.3) is 0 Å². The molecule has 0 saturated heterocycles. The lowest BCUT2D eigenvalue weighted by Crippen LogP contribution is -2.23. The first kappa shape index (κ1) is 17.4. The van der Waals surface area contributed by atoms with Crippen LogP contribution in [0.15, 0.2) is 42.5 Å². The lowest BCUT2D eigenvalue weighted by molar-refractivity contribution is 0.441. The van der Waals surface area contributed by atoms with Crippen LogP contribution in [0.1, 0.15) is 32.1 Å². The standard InChI is InChI=1S/C20H19Cl2N3O/c21-13-10-14(22)12-16(11-13)26-20-24-18-9-5-4-8-17(18)19(25-20)23-15-6-2-1-3-7-15/h4-5,8-12,15H,1-3,6-7H2,(H,23,24,25). The van der Waals surface area contributed by atoms with E-state index in [2.05, 4.69) is 15.3 Å². The maximum absolute atomic E-state index is 6.05. The normalized spacial score (nSPS) is 15.2. The average Bonchev–Trinajstić information content (AvgIpc) is 2.62. The summed E-state index contributed by atoms with van der Waals surface area (Å²) in [5, 5.41) is 5.60. The number of anilines is 1. The van der Waals surface area contributed by atoms with Gasteiger partial charge in [0.05, 0.1) is 5.52 Å². The van der Waals surface area contributed by atoms with E-state index < -0.39 is 0 Å². The summed E-state index contributed by atoms with van der Waals surface area (Å²) in [7, 11) is 0.